The van der Waals surface area contributed by atoms with Gasteiger partial charge in [0.25, 0.3) is 5.69 Å². The third kappa shape index (κ3) is 3.86. The Labute approximate surface area is 201 Å². The summed E-state index contributed by atoms with van der Waals surface area (Å²) >= 11 is 5.72. The van der Waals surface area contributed by atoms with E-state index in [9.17, 15) is 10.1 Å². The van der Waals surface area contributed by atoms with Gasteiger partial charge in [0, 0.05) is 18.0 Å². The Morgan fingerprint density at radius 2 is 1.88 bits per heavy atom. The number of nitro benzene ring substituents is 1. The van der Waals surface area contributed by atoms with Gasteiger partial charge in [0.05, 0.1) is 35.4 Å². The van der Waals surface area contributed by atoms with Crippen molar-refractivity contribution in [3.63, 3.8) is 0 Å². The number of hydrogen-bond acceptors (Lipinski definition) is 6. The van der Waals surface area contributed by atoms with Gasteiger partial charge >= 0.3 is 0 Å². The van der Waals surface area contributed by atoms with Gasteiger partial charge in [-0.25, -0.2) is 0 Å². The number of non-ortho nitro benzene ring substituents is 1. The van der Waals surface area contributed by atoms with E-state index in [0.717, 1.165) is 11.4 Å². The highest BCUT2D eigenvalue weighted by atomic mass is 32.1. The number of nitro groups is 1. The molecule has 2 aromatic heterocycles. The molecule has 2 aromatic carbocycles. The number of rotatable bonds is 6. The molecule has 1 fully saturated rings. The number of aromatic nitrogens is 1. The van der Waals surface area contributed by atoms with E-state index in [1.54, 1.807) is 12.3 Å². The molecule has 3 heterocycles. The molecule has 0 unspecified atom stereocenters. The van der Waals surface area contributed by atoms with Gasteiger partial charge in [0.1, 0.15) is 23.3 Å². The second-order valence-electron chi connectivity index (χ2n) is 7.68. The number of pyridine rings is 1. The Bertz CT molecular complexity index is 1340. The first kappa shape index (κ1) is 21.6. The van der Waals surface area contributed by atoms with Gasteiger partial charge in [-0.05, 0) is 54.7 Å². The molecule has 4 aromatic rings. The molecule has 1 aliphatic heterocycles. The molecule has 1 aliphatic rings. The predicted octanol–water partition coefficient (Wildman–Crippen LogP) is 5.44. The van der Waals surface area contributed by atoms with Gasteiger partial charge in [0.15, 0.2) is 5.11 Å². The van der Waals surface area contributed by atoms with Crippen molar-refractivity contribution in [2.75, 3.05) is 12.0 Å². The topological polar surface area (TPSA) is 93.7 Å². The Balaban J connectivity index is 1.59. The molecule has 1 saturated heterocycles. The van der Waals surface area contributed by atoms with Gasteiger partial charge in [-0.15, -0.1) is 0 Å². The molecule has 5 rings (SSSR count). The van der Waals surface area contributed by atoms with Crippen LogP contribution in [0.2, 0.25) is 0 Å². The van der Waals surface area contributed by atoms with Gasteiger partial charge in [0.2, 0.25) is 0 Å². The predicted molar refractivity (Wildman–Crippen MR) is 132 cm³/mol. The van der Waals surface area contributed by atoms with Crippen molar-refractivity contribution in [1.29, 1.82) is 0 Å². The maximum atomic E-state index is 11.2. The summed E-state index contributed by atoms with van der Waals surface area (Å²) in [7, 11) is 1.47. The number of benzene rings is 2. The number of furan rings is 1. The Morgan fingerprint density at radius 1 is 1.09 bits per heavy atom. The molecular formula is C25H20N4O4S. The summed E-state index contributed by atoms with van der Waals surface area (Å²) in [6, 6.07) is 23.2. The molecule has 0 spiro atoms. The maximum Gasteiger partial charge on any atom is 0.273 e. The summed E-state index contributed by atoms with van der Waals surface area (Å²) in [6.45, 7) is 0. The van der Waals surface area contributed by atoms with Crippen LogP contribution in [0.5, 0.6) is 5.75 Å². The Hall–Kier alpha value is -4.24. The highest BCUT2D eigenvalue weighted by molar-refractivity contribution is 7.80. The lowest BCUT2D eigenvalue weighted by Crippen LogP contribution is -2.29. The molecule has 0 aliphatic carbocycles. The summed E-state index contributed by atoms with van der Waals surface area (Å²) in [5, 5.41) is 15.1. The van der Waals surface area contributed by atoms with Crippen LogP contribution < -0.4 is 15.0 Å². The monoisotopic (exact) mass is 472 g/mol. The van der Waals surface area contributed by atoms with Crippen molar-refractivity contribution >= 4 is 28.7 Å². The zero-order chi connectivity index (χ0) is 23.7. The zero-order valence-corrected chi connectivity index (χ0v) is 18.9. The first-order valence-electron chi connectivity index (χ1n) is 10.5. The summed E-state index contributed by atoms with van der Waals surface area (Å²) in [5.74, 6) is 1.56. The first-order chi connectivity index (χ1) is 16.6. The lowest BCUT2D eigenvalue weighted by molar-refractivity contribution is -0.384. The van der Waals surface area contributed by atoms with Crippen LogP contribution in [0.15, 0.2) is 89.5 Å². The minimum absolute atomic E-state index is 0.0526. The van der Waals surface area contributed by atoms with E-state index >= 15 is 0 Å². The maximum absolute atomic E-state index is 11.2. The number of nitrogens with one attached hydrogen (secondary N) is 1. The average molecular weight is 473 g/mol. The molecule has 2 atom stereocenters. The molecule has 9 heteroatoms. The lowest BCUT2D eigenvalue weighted by atomic mass is 10.0. The molecule has 0 saturated carbocycles. The van der Waals surface area contributed by atoms with Crippen molar-refractivity contribution in [1.82, 2.24) is 10.3 Å². The van der Waals surface area contributed by atoms with E-state index in [0.29, 0.717) is 27.9 Å². The standard InChI is InChI=1S/C25H20N4O4S/c1-32-22-15-17(29(30)31)10-11-18(22)20-12-13-21(33-20)24-23(19-9-5-6-14-26-19)27-25(34)28(24)16-7-3-2-4-8-16/h2-15,23-24H,1H3,(H,27,34)/t23-,24-/m0/s1. The Morgan fingerprint density at radius 3 is 2.59 bits per heavy atom. The van der Waals surface area contributed by atoms with E-state index in [2.05, 4.69) is 10.3 Å². The second-order valence-corrected chi connectivity index (χ2v) is 8.06. The highest BCUT2D eigenvalue weighted by Gasteiger charge is 2.42. The van der Waals surface area contributed by atoms with Crippen LogP contribution in [0, 0.1) is 10.1 Å². The molecule has 170 valence electrons. The van der Waals surface area contributed by atoms with Crippen molar-refractivity contribution in [2.24, 2.45) is 0 Å². The van der Waals surface area contributed by atoms with E-state index < -0.39 is 4.92 Å². The number of nitrogens with zero attached hydrogens (tertiary/aromatic N) is 3. The number of para-hydroxylation sites is 1. The van der Waals surface area contributed by atoms with E-state index in [-0.39, 0.29) is 17.8 Å². The quantitative estimate of drug-likeness (QED) is 0.225. The summed E-state index contributed by atoms with van der Waals surface area (Å²) in [5.41, 5.74) is 2.32. The molecule has 1 N–H and O–H groups in total. The summed E-state index contributed by atoms with van der Waals surface area (Å²) in [6.07, 6.45) is 1.75. The van der Waals surface area contributed by atoms with Gasteiger partial charge in [-0.2, -0.15) is 0 Å². The zero-order valence-electron chi connectivity index (χ0n) is 18.1. The number of thiocarbonyl (C=S) groups is 1. The molecule has 0 radical (unpaired) electrons. The minimum atomic E-state index is -0.458. The van der Waals surface area contributed by atoms with Gasteiger partial charge in [-0.1, -0.05) is 24.3 Å². The number of anilines is 1. The third-order valence-corrected chi connectivity index (χ3v) is 6.03. The summed E-state index contributed by atoms with van der Waals surface area (Å²) in [4.78, 5) is 17.3. The van der Waals surface area contributed by atoms with E-state index in [4.69, 9.17) is 21.4 Å². The number of hydrogen-bond donors (Lipinski definition) is 1. The fraction of sp³-hybridized carbons (Fsp3) is 0.120. The molecule has 8 nitrogen and oxygen atoms in total. The van der Waals surface area contributed by atoms with Crippen LogP contribution in [-0.4, -0.2) is 22.1 Å². The van der Waals surface area contributed by atoms with Crippen LogP contribution in [0.4, 0.5) is 11.4 Å². The van der Waals surface area contributed by atoms with Crippen molar-refractivity contribution in [2.45, 2.75) is 12.1 Å². The van der Waals surface area contributed by atoms with Gasteiger partial charge in [-0.3, -0.25) is 15.1 Å². The molecule has 0 bridgehead atoms. The van der Waals surface area contributed by atoms with Crippen LogP contribution in [0.25, 0.3) is 11.3 Å². The Kier molecular flexibility index (Phi) is 5.69. The van der Waals surface area contributed by atoms with E-state index in [1.807, 2.05) is 65.6 Å². The molecule has 0 amide bonds. The van der Waals surface area contributed by atoms with Crippen LogP contribution in [0.1, 0.15) is 23.5 Å². The van der Waals surface area contributed by atoms with Crippen molar-refractivity contribution in [3.05, 3.63) is 107 Å². The lowest BCUT2D eigenvalue weighted by Gasteiger charge is -2.26. The fourth-order valence-electron chi connectivity index (χ4n) is 4.16. The minimum Gasteiger partial charge on any atom is -0.496 e. The smallest absolute Gasteiger partial charge is 0.273 e. The number of methoxy groups -OCH3 is 1. The first-order valence-corrected chi connectivity index (χ1v) is 11.0. The largest absolute Gasteiger partial charge is 0.496 e. The normalized spacial score (nSPS) is 17.4. The third-order valence-electron chi connectivity index (χ3n) is 5.71. The average Bonchev–Trinajstić information content (AvgIpc) is 3.49. The fourth-order valence-corrected chi connectivity index (χ4v) is 4.51. The highest BCUT2D eigenvalue weighted by Crippen LogP contribution is 2.43. The van der Waals surface area contributed by atoms with Crippen molar-refractivity contribution < 1.29 is 14.1 Å². The SMILES string of the molecule is COc1cc([N+](=O)[O-])ccc1-c1ccc([C@H]2[C@H](c3ccccn3)NC(=S)N2c2ccccc2)o1. The van der Waals surface area contributed by atoms with Gasteiger partial charge < -0.3 is 19.4 Å². The van der Waals surface area contributed by atoms with Crippen LogP contribution >= 0.6 is 12.2 Å². The van der Waals surface area contributed by atoms with Crippen LogP contribution in [0.3, 0.4) is 0 Å². The summed E-state index contributed by atoms with van der Waals surface area (Å²) < 4.78 is 11.7. The van der Waals surface area contributed by atoms with Crippen molar-refractivity contribution in [3.8, 4) is 17.1 Å². The molecular weight excluding hydrogens is 452 g/mol. The second kappa shape index (κ2) is 8.95. The number of ether oxygens (including phenoxy) is 1. The molecule has 34 heavy (non-hydrogen) atoms. The van der Waals surface area contributed by atoms with E-state index in [1.165, 1.54) is 19.2 Å². The van der Waals surface area contributed by atoms with Crippen LogP contribution in [-0.2, 0) is 0 Å².